The highest BCUT2D eigenvalue weighted by Crippen LogP contribution is 2.44. The molecule has 2 aromatic heterocycles. The first-order valence-electron chi connectivity index (χ1n) is 20.6. The number of rotatable bonds is 10. The minimum absolute atomic E-state index is 0.0431. The zero-order valence-corrected chi connectivity index (χ0v) is 35.2. The number of alkyl carbamates (subject to hydrolysis) is 2. The molecule has 5 heterocycles. The molecular formula is C44H51FN8O8. The lowest BCUT2D eigenvalue weighted by molar-refractivity contribution is -0.138. The molecule has 4 N–H and O–H groups in total. The monoisotopic (exact) mass is 838 g/mol. The first-order chi connectivity index (χ1) is 29.3. The minimum Gasteiger partial charge on any atom is -0.488 e. The molecule has 0 bridgehead atoms. The van der Waals surface area contributed by atoms with Gasteiger partial charge >= 0.3 is 12.2 Å². The van der Waals surface area contributed by atoms with E-state index in [0.717, 1.165) is 62.7 Å². The Balaban J connectivity index is 1.04. The molecule has 3 aliphatic rings. The fourth-order valence-electron chi connectivity index (χ4n) is 8.94. The van der Waals surface area contributed by atoms with Gasteiger partial charge in [0.15, 0.2) is 0 Å². The van der Waals surface area contributed by atoms with Crippen LogP contribution in [0.4, 0.5) is 14.0 Å². The average molecular weight is 839 g/mol. The Kier molecular flexibility index (Phi) is 11.3. The van der Waals surface area contributed by atoms with E-state index in [2.05, 4.69) is 31.7 Å². The lowest BCUT2D eigenvalue weighted by atomic mass is 9.92. The lowest BCUT2D eigenvalue weighted by Crippen LogP contribution is -2.54. The predicted octanol–water partition coefficient (Wildman–Crippen LogP) is 6.47. The molecule has 0 aliphatic carbocycles. The number of imidazole rings is 2. The van der Waals surface area contributed by atoms with Crippen LogP contribution in [0.3, 0.4) is 0 Å². The van der Waals surface area contributed by atoms with E-state index < -0.39 is 48.5 Å². The zero-order valence-electron chi connectivity index (χ0n) is 35.2. The summed E-state index contributed by atoms with van der Waals surface area (Å²) in [7, 11) is 3.91. The summed E-state index contributed by atoms with van der Waals surface area (Å²) < 4.78 is 36.2. The molecule has 2 saturated heterocycles. The summed E-state index contributed by atoms with van der Waals surface area (Å²) in [5.41, 5.74) is 6.09. The van der Waals surface area contributed by atoms with Gasteiger partial charge in [0, 0.05) is 30.5 Å². The van der Waals surface area contributed by atoms with Crippen molar-refractivity contribution in [2.75, 3.05) is 27.9 Å². The summed E-state index contributed by atoms with van der Waals surface area (Å²) in [6.45, 7) is 7.62. The highest BCUT2D eigenvalue weighted by atomic mass is 19.1. The fraction of sp³-hybridized carbons (Fsp3) is 0.455. The van der Waals surface area contributed by atoms with Crippen molar-refractivity contribution in [3.63, 3.8) is 0 Å². The maximum absolute atomic E-state index is 14.9. The van der Waals surface area contributed by atoms with Crippen LogP contribution in [0, 0.1) is 5.92 Å². The second-order valence-corrected chi connectivity index (χ2v) is 16.4. The number of fused-ring (bicyclic) bond motifs is 6. The van der Waals surface area contributed by atoms with Crippen LogP contribution in [0.25, 0.3) is 44.2 Å². The van der Waals surface area contributed by atoms with Gasteiger partial charge in [-0.15, -0.1) is 0 Å². The Morgan fingerprint density at radius 1 is 0.885 bits per heavy atom. The second-order valence-electron chi connectivity index (χ2n) is 16.4. The van der Waals surface area contributed by atoms with Crippen molar-refractivity contribution in [3.05, 3.63) is 65.9 Å². The van der Waals surface area contributed by atoms with Gasteiger partial charge in [0.05, 0.1) is 61.9 Å². The van der Waals surface area contributed by atoms with Gasteiger partial charge in [-0.1, -0.05) is 32.0 Å². The van der Waals surface area contributed by atoms with Gasteiger partial charge in [0.1, 0.15) is 42.3 Å². The number of nitrogens with zero attached hydrogens (tertiary/aromatic N) is 4. The van der Waals surface area contributed by atoms with E-state index in [1.54, 1.807) is 13.1 Å². The van der Waals surface area contributed by atoms with Gasteiger partial charge < -0.3 is 49.3 Å². The molecule has 0 spiro atoms. The molecule has 16 nitrogen and oxygen atoms in total. The first-order valence-corrected chi connectivity index (χ1v) is 20.6. The van der Waals surface area contributed by atoms with Gasteiger partial charge in [-0.05, 0) is 78.9 Å². The minimum atomic E-state index is -1.28. The molecule has 4 amide bonds. The molecular weight excluding hydrogens is 788 g/mol. The van der Waals surface area contributed by atoms with Gasteiger partial charge in [-0.3, -0.25) is 9.59 Å². The van der Waals surface area contributed by atoms with E-state index >= 15 is 0 Å². The molecule has 3 aliphatic heterocycles. The average Bonchev–Trinajstić information content (AvgIpc) is 4.08. The van der Waals surface area contributed by atoms with Crippen LogP contribution in [-0.4, -0.2) is 112 Å². The van der Waals surface area contributed by atoms with Gasteiger partial charge in [-0.25, -0.2) is 23.9 Å². The molecule has 7 atom stereocenters. The number of amides is 4. The maximum Gasteiger partial charge on any atom is 0.407 e. The van der Waals surface area contributed by atoms with Crippen LogP contribution in [0.1, 0.15) is 76.3 Å². The number of methoxy groups -OCH3 is 3. The number of hydrogen-bond donors (Lipinski definition) is 4. The number of halogens is 1. The SMILES string of the molecule is COC(=O)NC(C(=O)N1C[C@@H](F)CC1c1ncc(-c2ccc3c(c2)COc2cc4c(ccc5[nH]c(C6CC[C@H](C)N6C(=O)[C@@H](NC(=O)OC)C(C)C)nc54)cc2-3)[nH]1)[C@@H](C)OC. The number of H-pyrrole nitrogens is 2. The van der Waals surface area contributed by atoms with Crippen molar-refractivity contribution in [2.24, 2.45) is 5.92 Å². The molecule has 61 heavy (non-hydrogen) atoms. The maximum atomic E-state index is 14.9. The topological polar surface area (TPSA) is 193 Å². The second kappa shape index (κ2) is 16.7. The van der Waals surface area contributed by atoms with Gasteiger partial charge in [0.2, 0.25) is 11.8 Å². The van der Waals surface area contributed by atoms with Crippen LogP contribution >= 0.6 is 0 Å². The molecule has 2 fully saturated rings. The smallest absolute Gasteiger partial charge is 0.407 e. The van der Waals surface area contributed by atoms with Crippen LogP contribution in [0.2, 0.25) is 0 Å². The van der Waals surface area contributed by atoms with E-state index in [-0.39, 0.29) is 36.9 Å². The number of aromatic amines is 2. The number of benzene rings is 3. The largest absolute Gasteiger partial charge is 0.488 e. The van der Waals surface area contributed by atoms with E-state index in [0.29, 0.717) is 23.9 Å². The van der Waals surface area contributed by atoms with E-state index in [9.17, 15) is 23.6 Å². The quantitative estimate of drug-likeness (QED) is 0.121. The third-order valence-electron chi connectivity index (χ3n) is 12.3. The Morgan fingerprint density at radius 2 is 1.64 bits per heavy atom. The number of ether oxygens (including phenoxy) is 4. The van der Waals surface area contributed by atoms with Crippen LogP contribution in [0.15, 0.2) is 48.7 Å². The summed E-state index contributed by atoms with van der Waals surface area (Å²) in [6, 6.07) is 11.4. The van der Waals surface area contributed by atoms with Crippen molar-refractivity contribution < 1.29 is 42.5 Å². The summed E-state index contributed by atoms with van der Waals surface area (Å²) in [6.07, 6.45) is -0.168. The molecule has 3 unspecified atom stereocenters. The van der Waals surface area contributed by atoms with Crippen LogP contribution < -0.4 is 15.4 Å². The van der Waals surface area contributed by atoms with Gasteiger partial charge in [0.25, 0.3) is 0 Å². The molecule has 3 aromatic carbocycles. The summed E-state index contributed by atoms with van der Waals surface area (Å²) in [5, 5.41) is 7.14. The highest BCUT2D eigenvalue weighted by molar-refractivity contribution is 6.07. The van der Waals surface area contributed by atoms with E-state index in [1.165, 1.54) is 26.2 Å². The number of nitrogens with one attached hydrogen (secondary N) is 4. The highest BCUT2D eigenvalue weighted by Gasteiger charge is 2.43. The van der Waals surface area contributed by atoms with Crippen LogP contribution in [-0.2, 0) is 30.4 Å². The summed E-state index contributed by atoms with van der Waals surface area (Å²) >= 11 is 0. The zero-order chi connectivity index (χ0) is 43.3. The van der Waals surface area contributed by atoms with E-state index in [4.69, 9.17) is 23.9 Å². The number of carbonyl (C=O) groups excluding carboxylic acids is 4. The standard InChI is InChI=1S/C44H51FN8O8/c1-21(2)36(50-43(56)59-6)42(55)53-22(3)8-13-33(53)40-47-31-12-10-24-15-30-28-11-9-25(14-26(28)20-61-35(30)17-29(24)38(31)49-40)32-18-46-39(48-32)34-16-27(45)19-52(34)41(54)37(23(4)58-5)51-44(57)60-7/h9-12,14-15,17-18,21-23,27,33-34,36-37H,8,13,16,19-20H2,1-7H3,(H,46,48)(H,47,49)(H,50,56)(H,51,57)/t22-,23+,27-,33?,34?,36-,37?/m0/s1. The molecule has 5 aromatic rings. The van der Waals surface area contributed by atoms with Crippen molar-refractivity contribution in [3.8, 4) is 28.1 Å². The molecule has 322 valence electrons. The third-order valence-corrected chi connectivity index (χ3v) is 12.3. The Labute approximate surface area is 351 Å². The number of likely N-dealkylation sites (tertiary alicyclic amines) is 2. The first kappa shape index (κ1) is 41.5. The predicted molar refractivity (Wildman–Crippen MR) is 223 cm³/mol. The molecule has 0 saturated carbocycles. The molecule has 17 heteroatoms. The Bertz CT molecular complexity index is 2500. The number of alkyl halides is 1. The Morgan fingerprint density at radius 3 is 2.36 bits per heavy atom. The summed E-state index contributed by atoms with van der Waals surface area (Å²) in [5.74, 6) is 1.03. The molecule has 8 rings (SSSR count). The summed E-state index contributed by atoms with van der Waals surface area (Å²) in [4.78, 5) is 71.6. The van der Waals surface area contributed by atoms with Crippen molar-refractivity contribution in [1.82, 2.24) is 40.4 Å². The van der Waals surface area contributed by atoms with Crippen LogP contribution in [0.5, 0.6) is 5.75 Å². The number of hydrogen-bond acceptors (Lipinski definition) is 10. The number of carbonyl (C=O) groups is 4. The normalized spacial score (nSPS) is 21.1. The van der Waals surface area contributed by atoms with Crippen molar-refractivity contribution in [2.45, 2.75) is 96.0 Å². The van der Waals surface area contributed by atoms with E-state index in [1.807, 2.05) is 62.1 Å². The lowest BCUT2D eigenvalue weighted by Gasteiger charge is -2.32. The Hall–Kier alpha value is -6.23. The van der Waals surface area contributed by atoms with Crippen molar-refractivity contribution >= 4 is 45.8 Å². The number of aromatic nitrogens is 4. The fourth-order valence-corrected chi connectivity index (χ4v) is 8.94. The third kappa shape index (κ3) is 7.70. The van der Waals surface area contributed by atoms with Gasteiger partial charge in [-0.2, -0.15) is 0 Å². The molecule has 0 radical (unpaired) electrons. The van der Waals surface area contributed by atoms with Crippen molar-refractivity contribution in [1.29, 1.82) is 0 Å².